The number of sulfonamides is 1. The van der Waals surface area contributed by atoms with Crippen LogP contribution in [0.2, 0.25) is 0 Å². The third-order valence-electron chi connectivity index (χ3n) is 6.23. The van der Waals surface area contributed by atoms with Crippen molar-refractivity contribution in [1.82, 2.24) is 14.5 Å². The molecule has 1 atom stereocenters. The number of hydrogen-bond donors (Lipinski definition) is 2. The molecule has 0 bridgehead atoms. The van der Waals surface area contributed by atoms with E-state index in [2.05, 4.69) is 10.8 Å². The van der Waals surface area contributed by atoms with Crippen molar-refractivity contribution in [2.45, 2.75) is 43.7 Å². The molecule has 1 aliphatic heterocycles. The normalized spacial score (nSPS) is 23.3. The Morgan fingerprint density at radius 2 is 1.68 bits per heavy atom. The van der Waals surface area contributed by atoms with Crippen LogP contribution in [0.1, 0.15) is 48.0 Å². The average Bonchev–Trinajstić information content (AvgIpc) is 3.50. The van der Waals surface area contributed by atoms with Crippen LogP contribution in [0.15, 0.2) is 30.3 Å². The van der Waals surface area contributed by atoms with Crippen molar-refractivity contribution in [2.75, 3.05) is 32.4 Å². The lowest BCUT2D eigenvalue weighted by molar-refractivity contribution is -0.143. The molecule has 8 nitrogen and oxygen atoms in total. The summed E-state index contributed by atoms with van der Waals surface area (Å²) in [7, 11) is -3.24. The predicted molar refractivity (Wildman–Crippen MR) is 117 cm³/mol. The van der Waals surface area contributed by atoms with Crippen molar-refractivity contribution in [1.29, 1.82) is 0 Å². The molecule has 1 heterocycles. The Kier molecular flexibility index (Phi) is 5.93. The summed E-state index contributed by atoms with van der Waals surface area (Å²) in [4.78, 5) is 28.5. The van der Waals surface area contributed by atoms with Gasteiger partial charge in [0.05, 0.1) is 6.26 Å². The topological polar surface area (TPSA) is 107 Å². The third-order valence-corrected chi connectivity index (χ3v) is 6.99. The number of allylic oxidation sites excluding steroid dienone is 1. The maximum absolute atomic E-state index is 12.9. The van der Waals surface area contributed by atoms with Crippen LogP contribution in [0.3, 0.4) is 0 Å². The number of nitrogens with zero attached hydrogens (tertiary/aromatic N) is 2. The monoisotopic (exact) mass is 447 g/mol. The number of piperazine rings is 1. The molecule has 168 valence electrons. The van der Waals surface area contributed by atoms with Gasteiger partial charge in [-0.3, -0.25) is 9.59 Å². The van der Waals surface area contributed by atoms with Gasteiger partial charge in [0.1, 0.15) is 5.60 Å². The van der Waals surface area contributed by atoms with Gasteiger partial charge in [-0.25, -0.2) is 13.1 Å². The summed E-state index contributed by atoms with van der Waals surface area (Å²) in [5.41, 5.74) is 1.50. The number of carbonyl (C=O) groups is 2. The Morgan fingerprint density at radius 3 is 2.26 bits per heavy atom. The lowest BCUT2D eigenvalue weighted by Crippen LogP contribution is -2.53. The quantitative estimate of drug-likeness (QED) is 0.700. The summed E-state index contributed by atoms with van der Waals surface area (Å²) in [6.45, 7) is 1.78. The minimum atomic E-state index is -3.24. The molecule has 2 N–H and O–H groups in total. The van der Waals surface area contributed by atoms with Crippen molar-refractivity contribution in [2.24, 2.45) is 0 Å². The molecule has 1 saturated heterocycles. The first-order valence-corrected chi connectivity index (χ1v) is 12.6. The van der Waals surface area contributed by atoms with Gasteiger partial charge < -0.3 is 14.9 Å². The SMILES string of the molecule is CS(=O)(=O)NC1CCC=C(c2ccc(C(=O)N3CCN(C(=O)C4(O)CC4)CC3)cc2)C1. The van der Waals surface area contributed by atoms with E-state index in [0.717, 1.165) is 24.0 Å². The van der Waals surface area contributed by atoms with E-state index in [0.29, 0.717) is 51.0 Å². The summed E-state index contributed by atoms with van der Waals surface area (Å²) in [5.74, 6) is -0.286. The van der Waals surface area contributed by atoms with Crippen LogP contribution in [-0.4, -0.2) is 79.2 Å². The highest BCUT2D eigenvalue weighted by Crippen LogP contribution is 2.37. The Labute approximate surface area is 183 Å². The predicted octanol–water partition coefficient (Wildman–Crippen LogP) is 0.981. The molecule has 1 saturated carbocycles. The maximum atomic E-state index is 12.9. The first-order valence-electron chi connectivity index (χ1n) is 10.7. The smallest absolute Gasteiger partial charge is 0.254 e. The summed E-state index contributed by atoms with van der Waals surface area (Å²) in [5, 5.41) is 10.00. The second-order valence-electron chi connectivity index (χ2n) is 8.79. The Balaban J connectivity index is 1.34. The van der Waals surface area contributed by atoms with E-state index in [-0.39, 0.29) is 17.9 Å². The van der Waals surface area contributed by atoms with Gasteiger partial charge in [0, 0.05) is 37.8 Å². The van der Waals surface area contributed by atoms with E-state index in [9.17, 15) is 23.1 Å². The highest BCUT2D eigenvalue weighted by molar-refractivity contribution is 7.88. The van der Waals surface area contributed by atoms with Crippen LogP contribution in [0.4, 0.5) is 0 Å². The zero-order chi connectivity index (χ0) is 22.2. The summed E-state index contributed by atoms with van der Waals surface area (Å²) < 4.78 is 25.7. The third kappa shape index (κ3) is 5.16. The number of carbonyl (C=O) groups excluding carboxylic acids is 2. The molecule has 0 spiro atoms. The first kappa shape index (κ1) is 22.0. The second kappa shape index (κ2) is 8.37. The van der Waals surface area contributed by atoms with Gasteiger partial charge in [0.2, 0.25) is 10.0 Å². The Bertz CT molecular complexity index is 990. The first-order chi connectivity index (χ1) is 14.6. The van der Waals surface area contributed by atoms with Gasteiger partial charge in [-0.2, -0.15) is 0 Å². The van der Waals surface area contributed by atoms with Gasteiger partial charge >= 0.3 is 0 Å². The number of aliphatic hydroxyl groups is 1. The molecule has 1 aromatic rings. The van der Waals surface area contributed by atoms with E-state index in [4.69, 9.17) is 0 Å². The zero-order valence-electron chi connectivity index (χ0n) is 17.7. The van der Waals surface area contributed by atoms with E-state index in [1.54, 1.807) is 21.9 Å². The molecule has 9 heteroatoms. The van der Waals surface area contributed by atoms with E-state index < -0.39 is 15.6 Å². The zero-order valence-corrected chi connectivity index (χ0v) is 18.5. The molecule has 1 unspecified atom stereocenters. The Hall–Kier alpha value is -2.23. The number of rotatable bonds is 5. The summed E-state index contributed by atoms with van der Waals surface area (Å²) >= 11 is 0. The largest absolute Gasteiger partial charge is 0.380 e. The summed E-state index contributed by atoms with van der Waals surface area (Å²) in [6, 6.07) is 7.31. The standard InChI is InChI=1S/C22H29N3O5S/c1-31(29,30)23-19-4-2-3-18(15-19)16-5-7-17(8-6-16)20(26)24-11-13-25(14-12-24)21(27)22(28)9-10-22/h3,5-8,19,23,28H,2,4,9-15H2,1H3. The van der Waals surface area contributed by atoms with E-state index in [1.807, 2.05) is 12.1 Å². The fourth-order valence-electron chi connectivity index (χ4n) is 4.30. The minimum Gasteiger partial charge on any atom is -0.380 e. The molecule has 3 aliphatic rings. The van der Waals surface area contributed by atoms with Crippen molar-refractivity contribution in [3.8, 4) is 0 Å². The number of amides is 2. The van der Waals surface area contributed by atoms with Crippen LogP contribution in [-0.2, 0) is 14.8 Å². The molecule has 0 radical (unpaired) electrons. The van der Waals surface area contributed by atoms with Crippen molar-refractivity contribution >= 4 is 27.4 Å². The second-order valence-corrected chi connectivity index (χ2v) is 10.6. The van der Waals surface area contributed by atoms with Gasteiger partial charge in [-0.05, 0) is 55.4 Å². The molecular formula is C22H29N3O5S. The molecule has 2 fully saturated rings. The summed E-state index contributed by atoms with van der Waals surface area (Å²) in [6.07, 6.45) is 6.57. The maximum Gasteiger partial charge on any atom is 0.254 e. The molecule has 2 amide bonds. The van der Waals surface area contributed by atoms with Gasteiger partial charge in [-0.15, -0.1) is 0 Å². The van der Waals surface area contributed by atoms with Crippen molar-refractivity contribution < 1.29 is 23.1 Å². The lowest BCUT2D eigenvalue weighted by atomic mass is 9.90. The molecule has 4 rings (SSSR count). The van der Waals surface area contributed by atoms with Gasteiger partial charge in [0.25, 0.3) is 11.8 Å². The minimum absolute atomic E-state index is 0.0713. The number of nitrogens with one attached hydrogen (secondary N) is 1. The van der Waals surface area contributed by atoms with Gasteiger partial charge in [0.15, 0.2) is 0 Å². The van der Waals surface area contributed by atoms with Crippen LogP contribution in [0, 0.1) is 0 Å². The van der Waals surface area contributed by atoms with Crippen LogP contribution in [0.25, 0.3) is 5.57 Å². The van der Waals surface area contributed by atoms with Crippen LogP contribution in [0.5, 0.6) is 0 Å². The average molecular weight is 448 g/mol. The highest BCUT2D eigenvalue weighted by atomic mass is 32.2. The van der Waals surface area contributed by atoms with E-state index in [1.165, 1.54) is 6.26 Å². The molecule has 1 aromatic carbocycles. The number of hydrogen-bond acceptors (Lipinski definition) is 5. The van der Waals surface area contributed by atoms with E-state index >= 15 is 0 Å². The van der Waals surface area contributed by atoms with Crippen LogP contribution < -0.4 is 4.72 Å². The lowest BCUT2D eigenvalue weighted by Gasteiger charge is -2.35. The molecule has 0 aromatic heterocycles. The fraction of sp³-hybridized carbons (Fsp3) is 0.545. The van der Waals surface area contributed by atoms with Crippen molar-refractivity contribution in [3.63, 3.8) is 0 Å². The Morgan fingerprint density at radius 1 is 1.06 bits per heavy atom. The molecule has 31 heavy (non-hydrogen) atoms. The molecule has 2 aliphatic carbocycles. The number of benzene rings is 1. The van der Waals surface area contributed by atoms with Crippen molar-refractivity contribution in [3.05, 3.63) is 41.5 Å². The highest BCUT2D eigenvalue weighted by Gasteiger charge is 2.50. The molecular weight excluding hydrogens is 418 g/mol. The fourth-order valence-corrected chi connectivity index (χ4v) is 5.10. The van der Waals surface area contributed by atoms with Gasteiger partial charge in [-0.1, -0.05) is 18.2 Å². The van der Waals surface area contributed by atoms with Crippen LogP contribution >= 0.6 is 0 Å².